The Labute approximate surface area is 217 Å². The highest BCUT2D eigenvalue weighted by Gasteiger charge is 2.36. The van der Waals surface area contributed by atoms with Crippen LogP contribution in [-0.2, 0) is 22.6 Å². The van der Waals surface area contributed by atoms with Crippen molar-refractivity contribution in [1.82, 2.24) is 34.4 Å². The summed E-state index contributed by atoms with van der Waals surface area (Å²) >= 11 is 0. The Kier molecular flexibility index (Phi) is 7.85. The molecule has 198 valence electrons. The fraction of sp³-hybridized carbons (Fsp3) is 0.556. The van der Waals surface area contributed by atoms with Crippen molar-refractivity contribution in [3.05, 3.63) is 48.5 Å². The summed E-state index contributed by atoms with van der Waals surface area (Å²) in [7, 11) is 0. The highest BCUT2D eigenvalue weighted by Crippen LogP contribution is 2.24. The number of benzene rings is 1. The molecular formula is C27H37N7O3. The molecule has 10 nitrogen and oxygen atoms in total. The van der Waals surface area contributed by atoms with Gasteiger partial charge in [0.1, 0.15) is 0 Å². The molecule has 2 fully saturated rings. The van der Waals surface area contributed by atoms with E-state index in [2.05, 4.69) is 24.3 Å². The summed E-state index contributed by atoms with van der Waals surface area (Å²) in [5, 5.41) is 7.76. The zero-order chi connectivity index (χ0) is 25.8. The third-order valence-electron chi connectivity index (χ3n) is 7.22. The Morgan fingerprint density at radius 1 is 1.14 bits per heavy atom. The molecule has 10 heteroatoms. The lowest BCUT2D eigenvalue weighted by atomic mass is 9.92. The number of aromatic nitrogens is 4. The second kappa shape index (κ2) is 11.4. The molecule has 2 atom stereocenters. The summed E-state index contributed by atoms with van der Waals surface area (Å²) in [5.74, 6) is 0.635. The van der Waals surface area contributed by atoms with Crippen molar-refractivity contribution >= 4 is 22.8 Å². The molecule has 4 heterocycles. The number of hydrogen-bond donors (Lipinski definition) is 1. The number of ether oxygens (including phenoxy) is 1. The van der Waals surface area contributed by atoms with Crippen molar-refractivity contribution < 1.29 is 14.3 Å². The predicted molar refractivity (Wildman–Crippen MR) is 140 cm³/mol. The van der Waals surface area contributed by atoms with Crippen LogP contribution in [0.3, 0.4) is 0 Å². The maximum absolute atomic E-state index is 14.2. The Hall–Kier alpha value is -3.24. The summed E-state index contributed by atoms with van der Waals surface area (Å²) < 4.78 is 9.30. The van der Waals surface area contributed by atoms with E-state index in [0.29, 0.717) is 71.3 Å². The van der Waals surface area contributed by atoms with Crippen LogP contribution < -0.4 is 5.32 Å². The summed E-state index contributed by atoms with van der Waals surface area (Å²) in [6.45, 7) is 9.80. The second-order valence-corrected chi connectivity index (χ2v) is 10.4. The molecular weight excluding hydrogens is 470 g/mol. The highest BCUT2D eigenvalue weighted by atomic mass is 16.5. The van der Waals surface area contributed by atoms with Gasteiger partial charge >= 0.3 is 0 Å². The smallest absolute Gasteiger partial charge is 0.290 e. The van der Waals surface area contributed by atoms with Crippen LogP contribution in [0.25, 0.3) is 11.0 Å². The lowest BCUT2D eigenvalue weighted by Crippen LogP contribution is -2.56. The van der Waals surface area contributed by atoms with Crippen molar-refractivity contribution in [3.8, 4) is 0 Å². The molecule has 2 aliphatic heterocycles. The first-order chi connectivity index (χ1) is 18.0. The number of piperidine rings is 1. The van der Waals surface area contributed by atoms with Gasteiger partial charge in [0.25, 0.3) is 5.91 Å². The van der Waals surface area contributed by atoms with Crippen LogP contribution in [0.1, 0.15) is 30.9 Å². The zero-order valence-corrected chi connectivity index (χ0v) is 21.8. The third kappa shape index (κ3) is 5.70. The molecule has 0 unspecified atom stereocenters. The van der Waals surface area contributed by atoms with Crippen LogP contribution in [0.15, 0.2) is 42.7 Å². The molecule has 0 aliphatic carbocycles. The Morgan fingerprint density at radius 3 is 2.70 bits per heavy atom. The molecule has 1 aromatic carbocycles. The Bertz CT molecular complexity index is 1200. The van der Waals surface area contributed by atoms with E-state index in [0.717, 1.165) is 11.0 Å². The molecule has 0 radical (unpaired) electrons. The van der Waals surface area contributed by atoms with E-state index in [-0.39, 0.29) is 29.7 Å². The number of carbonyl (C=O) groups is 2. The van der Waals surface area contributed by atoms with Crippen LogP contribution in [0.5, 0.6) is 0 Å². The Balaban J connectivity index is 1.40. The molecule has 2 aromatic heterocycles. The van der Waals surface area contributed by atoms with Crippen molar-refractivity contribution in [2.75, 3.05) is 45.9 Å². The number of imidazole rings is 1. The van der Waals surface area contributed by atoms with Gasteiger partial charge in [0.15, 0.2) is 5.82 Å². The minimum absolute atomic E-state index is 0.0852. The van der Waals surface area contributed by atoms with Crippen molar-refractivity contribution in [1.29, 1.82) is 0 Å². The van der Waals surface area contributed by atoms with Crippen molar-refractivity contribution in [2.45, 2.75) is 39.4 Å². The molecule has 0 saturated carbocycles. The number of morpholine rings is 1. The lowest BCUT2D eigenvalue weighted by Gasteiger charge is -2.40. The van der Waals surface area contributed by atoms with Crippen LogP contribution in [0, 0.1) is 11.8 Å². The predicted octanol–water partition coefficient (Wildman–Crippen LogP) is 1.87. The molecule has 5 rings (SSSR count). The number of fused-ring (bicyclic) bond motifs is 1. The molecule has 2 saturated heterocycles. The van der Waals surface area contributed by atoms with E-state index in [1.807, 2.05) is 55.6 Å². The number of carbonyl (C=O) groups excluding carboxylic acids is 2. The van der Waals surface area contributed by atoms with Crippen molar-refractivity contribution in [2.24, 2.45) is 11.8 Å². The van der Waals surface area contributed by atoms with Gasteiger partial charge in [-0.1, -0.05) is 26.0 Å². The van der Waals surface area contributed by atoms with Gasteiger partial charge in [-0.3, -0.25) is 14.3 Å². The van der Waals surface area contributed by atoms with E-state index in [9.17, 15) is 9.59 Å². The van der Waals surface area contributed by atoms with E-state index >= 15 is 0 Å². The number of hydrogen-bond acceptors (Lipinski definition) is 6. The summed E-state index contributed by atoms with van der Waals surface area (Å²) in [4.78, 5) is 36.1. The normalized spacial score (nSPS) is 20.5. The first kappa shape index (κ1) is 25.4. The monoisotopic (exact) mass is 507 g/mol. The van der Waals surface area contributed by atoms with Gasteiger partial charge in [0.2, 0.25) is 5.91 Å². The second-order valence-electron chi connectivity index (χ2n) is 10.4. The van der Waals surface area contributed by atoms with Gasteiger partial charge in [-0.05, 0) is 30.5 Å². The number of aryl methyl sites for hydroxylation is 2. The van der Waals surface area contributed by atoms with Gasteiger partial charge in [0.05, 0.1) is 36.7 Å². The zero-order valence-electron chi connectivity index (χ0n) is 21.8. The molecule has 3 aromatic rings. The minimum Gasteiger partial charge on any atom is -0.378 e. The summed E-state index contributed by atoms with van der Waals surface area (Å²) in [5.41, 5.74) is 1.74. The number of nitrogens with zero attached hydrogens (tertiary/aromatic N) is 6. The van der Waals surface area contributed by atoms with E-state index in [1.165, 1.54) is 0 Å². The van der Waals surface area contributed by atoms with Crippen LogP contribution in [0.4, 0.5) is 0 Å². The number of nitrogens with one attached hydrogen (secondary N) is 1. The van der Waals surface area contributed by atoms with Gasteiger partial charge in [-0.15, -0.1) is 0 Å². The average Bonchev–Trinajstić information content (AvgIpc) is 3.58. The number of amides is 2. The molecule has 2 amide bonds. The largest absolute Gasteiger partial charge is 0.378 e. The first-order valence-corrected chi connectivity index (χ1v) is 13.3. The quantitative estimate of drug-likeness (QED) is 0.500. The average molecular weight is 508 g/mol. The standard InChI is InChI=1S/C27H37N7O3/c1-20(2)19-34(22-16-21(17-28-18-22)26(35)31-12-14-37-15-13-31)27(36)25-30-23-6-3-4-7-24(23)33(25)11-10-32-9-5-8-29-32/h3-9,20-22,28H,10-19H2,1-2H3/t21-,22+/m1/s1. The molecule has 37 heavy (non-hydrogen) atoms. The van der Waals surface area contributed by atoms with E-state index in [4.69, 9.17) is 9.72 Å². The van der Waals surface area contributed by atoms with Gasteiger partial charge < -0.3 is 24.4 Å². The third-order valence-corrected chi connectivity index (χ3v) is 7.22. The molecule has 2 aliphatic rings. The highest BCUT2D eigenvalue weighted by molar-refractivity contribution is 5.95. The van der Waals surface area contributed by atoms with Gasteiger partial charge in [0, 0.05) is 57.7 Å². The van der Waals surface area contributed by atoms with Gasteiger partial charge in [-0.25, -0.2) is 4.98 Å². The van der Waals surface area contributed by atoms with Crippen LogP contribution in [0.2, 0.25) is 0 Å². The van der Waals surface area contributed by atoms with Gasteiger partial charge in [-0.2, -0.15) is 5.10 Å². The van der Waals surface area contributed by atoms with Crippen LogP contribution in [-0.4, -0.2) is 92.9 Å². The molecule has 0 spiro atoms. The fourth-order valence-electron chi connectivity index (χ4n) is 5.41. The van der Waals surface area contributed by atoms with Crippen molar-refractivity contribution in [3.63, 3.8) is 0 Å². The SMILES string of the molecule is CC(C)CN(C(=O)c1nc2ccccc2n1CCn1cccn1)[C@@H]1CNC[C@H](C(=O)N2CCOCC2)C1. The summed E-state index contributed by atoms with van der Waals surface area (Å²) in [6.07, 6.45) is 4.33. The number of rotatable bonds is 8. The molecule has 1 N–H and O–H groups in total. The minimum atomic E-state index is -0.155. The fourth-order valence-corrected chi connectivity index (χ4v) is 5.41. The number of para-hydroxylation sites is 2. The molecule has 0 bridgehead atoms. The lowest BCUT2D eigenvalue weighted by molar-refractivity contribution is -0.140. The van der Waals surface area contributed by atoms with Crippen LogP contribution >= 0.6 is 0 Å². The van der Waals surface area contributed by atoms with E-state index < -0.39 is 0 Å². The summed E-state index contributed by atoms with van der Waals surface area (Å²) in [6, 6.07) is 9.68. The van der Waals surface area contributed by atoms with E-state index in [1.54, 1.807) is 6.20 Å². The Morgan fingerprint density at radius 2 is 1.95 bits per heavy atom. The topological polar surface area (TPSA) is 97.5 Å². The first-order valence-electron chi connectivity index (χ1n) is 13.3. The maximum Gasteiger partial charge on any atom is 0.290 e. The maximum atomic E-state index is 14.2.